The number of hydrogen-bond donors (Lipinski definition) is 3. The average Bonchev–Trinajstić information content (AvgIpc) is 2.49. The van der Waals surface area contributed by atoms with E-state index in [1.807, 2.05) is 18.2 Å². The Kier molecular flexibility index (Phi) is 3.58. The van der Waals surface area contributed by atoms with Crippen LogP contribution >= 0.6 is 0 Å². The monoisotopic (exact) mass is 283 g/mol. The second-order valence-corrected chi connectivity index (χ2v) is 4.95. The Morgan fingerprint density at radius 3 is 2.52 bits per heavy atom. The number of anilines is 1. The van der Waals surface area contributed by atoms with Gasteiger partial charge < -0.3 is 10.6 Å². The standard InChI is InChI=1S/C16H17N3O2/c1-2-17-8-9-18-13-7-6-12-14-10(13)4-3-5-11(14)15(20)19-16(12)21/h3-7,17-18H,2,8-9H2,1H3,(H,19,20,21). The number of likely N-dealkylation sites (N-methyl/N-ethyl adjacent to an activating group) is 1. The third-order valence-electron chi connectivity index (χ3n) is 3.62. The van der Waals surface area contributed by atoms with E-state index >= 15 is 0 Å². The number of carbonyl (C=O) groups excluding carboxylic acids is 2. The summed E-state index contributed by atoms with van der Waals surface area (Å²) in [6, 6.07) is 9.18. The van der Waals surface area contributed by atoms with Crippen molar-refractivity contribution < 1.29 is 9.59 Å². The molecular formula is C16H17N3O2. The highest BCUT2D eigenvalue weighted by molar-refractivity contribution is 6.26. The van der Waals surface area contributed by atoms with Crippen LogP contribution in [-0.4, -0.2) is 31.4 Å². The number of carbonyl (C=O) groups is 2. The van der Waals surface area contributed by atoms with E-state index < -0.39 is 0 Å². The van der Waals surface area contributed by atoms with Crippen molar-refractivity contribution in [3.05, 3.63) is 41.5 Å². The van der Waals surface area contributed by atoms with Gasteiger partial charge in [-0.15, -0.1) is 0 Å². The lowest BCUT2D eigenvalue weighted by Crippen LogP contribution is -2.34. The molecule has 0 saturated carbocycles. The molecule has 2 aromatic carbocycles. The van der Waals surface area contributed by atoms with Crippen LogP contribution in [0.4, 0.5) is 5.69 Å². The van der Waals surface area contributed by atoms with Gasteiger partial charge in [0.2, 0.25) is 0 Å². The van der Waals surface area contributed by atoms with E-state index in [4.69, 9.17) is 0 Å². The molecule has 5 nitrogen and oxygen atoms in total. The molecule has 1 aliphatic rings. The Morgan fingerprint density at radius 2 is 1.76 bits per heavy atom. The molecule has 0 unspecified atom stereocenters. The topological polar surface area (TPSA) is 70.2 Å². The first-order chi connectivity index (χ1) is 10.2. The van der Waals surface area contributed by atoms with Crippen molar-refractivity contribution in [3.63, 3.8) is 0 Å². The highest BCUT2D eigenvalue weighted by atomic mass is 16.2. The molecule has 0 spiro atoms. The molecule has 21 heavy (non-hydrogen) atoms. The maximum atomic E-state index is 11.9. The largest absolute Gasteiger partial charge is 0.383 e. The first-order valence-electron chi connectivity index (χ1n) is 7.08. The van der Waals surface area contributed by atoms with Crippen molar-refractivity contribution in [1.82, 2.24) is 10.6 Å². The second-order valence-electron chi connectivity index (χ2n) is 4.95. The molecule has 108 valence electrons. The Labute approximate surface area is 122 Å². The minimum Gasteiger partial charge on any atom is -0.383 e. The molecule has 5 heteroatoms. The van der Waals surface area contributed by atoms with E-state index in [-0.39, 0.29) is 11.8 Å². The van der Waals surface area contributed by atoms with Crippen LogP contribution in [0.15, 0.2) is 30.3 Å². The van der Waals surface area contributed by atoms with Crippen molar-refractivity contribution in [3.8, 4) is 0 Å². The van der Waals surface area contributed by atoms with Gasteiger partial charge in [-0.2, -0.15) is 0 Å². The number of rotatable bonds is 5. The molecule has 0 saturated heterocycles. The molecule has 1 aliphatic heterocycles. The van der Waals surface area contributed by atoms with E-state index in [9.17, 15) is 9.59 Å². The third-order valence-corrected chi connectivity index (χ3v) is 3.62. The maximum absolute atomic E-state index is 11.9. The van der Waals surface area contributed by atoms with E-state index in [0.717, 1.165) is 36.1 Å². The minimum absolute atomic E-state index is 0.331. The summed E-state index contributed by atoms with van der Waals surface area (Å²) in [6.07, 6.45) is 0. The molecular weight excluding hydrogens is 266 g/mol. The fourth-order valence-electron chi connectivity index (χ4n) is 2.64. The summed E-state index contributed by atoms with van der Waals surface area (Å²) >= 11 is 0. The number of benzene rings is 2. The van der Waals surface area contributed by atoms with Gasteiger partial charge >= 0.3 is 0 Å². The number of hydrogen-bond acceptors (Lipinski definition) is 4. The normalized spacial score (nSPS) is 13.4. The molecule has 0 atom stereocenters. The van der Waals surface area contributed by atoms with Gasteiger partial charge in [-0.05, 0) is 24.7 Å². The molecule has 2 amide bonds. The summed E-state index contributed by atoms with van der Waals surface area (Å²) in [5, 5.41) is 10.6. The van der Waals surface area contributed by atoms with Crippen LogP contribution in [0.2, 0.25) is 0 Å². The van der Waals surface area contributed by atoms with Crippen LogP contribution in [0.3, 0.4) is 0 Å². The van der Waals surface area contributed by atoms with Crippen LogP contribution in [0, 0.1) is 0 Å². The predicted molar refractivity (Wildman–Crippen MR) is 82.8 cm³/mol. The molecule has 0 bridgehead atoms. The molecule has 2 aromatic rings. The van der Waals surface area contributed by atoms with Gasteiger partial charge in [0.15, 0.2) is 0 Å². The first kappa shape index (κ1) is 13.6. The smallest absolute Gasteiger partial charge is 0.258 e. The van der Waals surface area contributed by atoms with Crippen LogP contribution in [0.1, 0.15) is 27.6 Å². The SMILES string of the molecule is CCNCCNc1ccc2c3c(cccc13)C(=O)NC2=O. The van der Waals surface area contributed by atoms with Gasteiger partial charge in [0.1, 0.15) is 0 Å². The summed E-state index contributed by atoms with van der Waals surface area (Å²) < 4.78 is 0. The Bertz CT molecular complexity index is 705. The number of nitrogens with one attached hydrogen (secondary N) is 3. The summed E-state index contributed by atoms with van der Waals surface area (Å²) in [5.74, 6) is -0.661. The zero-order chi connectivity index (χ0) is 14.8. The Morgan fingerprint density at radius 1 is 1.00 bits per heavy atom. The molecule has 0 aliphatic carbocycles. The van der Waals surface area contributed by atoms with Gasteiger partial charge in [-0.3, -0.25) is 14.9 Å². The Hall–Kier alpha value is -2.40. The van der Waals surface area contributed by atoms with Crippen molar-refractivity contribution in [2.75, 3.05) is 25.0 Å². The zero-order valence-corrected chi connectivity index (χ0v) is 11.8. The van der Waals surface area contributed by atoms with Crippen LogP contribution in [-0.2, 0) is 0 Å². The fourth-order valence-corrected chi connectivity index (χ4v) is 2.64. The summed E-state index contributed by atoms with van der Waals surface area (Å²) in [5.41, 5.74) is 2.05. The molecule has 0 fully saturated rings. The van der Waals surface area contributed by atoms with Gasteiger partial charge in [0, 0.05) is 40.7 Å². The van der Waals surface area contributed by atoms with Crippen LogP contribution in [0.5, 0.6) is 0 Å². The van der Waals surface area contributed by atoms with Gasteiger partial charge in [0.25, 0.3) is 11.8 Å². The molecule has 0 radical (unpaired) electrons. The van der Waals surface area contributed by atoms with E-state index in [1.54, 1.807) is 12.1 Å². The highest BCUT2D eigenvalue weighted by Crippen LogP contribution is 2.31. The third kappa shape index (κ3) is 2.36. The molecule has 3 N–H and O–H groups in total. The number of imide groups is 1. The maximum Gasteiger partial charge on any atom is 0.258 e. The van der Waals surface area contributed by atoms with Crippen molar-refractivity contribution >= 4 is 28.3 Å². The molecule has 3 rings (SSSR count). The summed E-state index contributed by atoms with van der Waals surface area (Å²) in [4.78, 5) is 23.9. The van der Waals surface area contributed by atoms with Gasteiger partial charge in [0.05, 0.1) is 0 Å². The van der Waals surface area contributed by atoms with Gasteiger partial charge in [-0.25, -0.2) is 0 Å². The van der Waals surface area contributed by atoms with Crippen molar-refractivity contribution in [2.24, 2.45) is 0 Å². The summed E-state index contributed by atoms with van der Waals surface area (Å²) in [6.45, 7) is 4.64. The Balaban J connectivity index is 2.04. The second kappa shape index (κ2) is 5.54. The average molecular weight is 283 g/mol. The fraction of sp³-hybridized carbons (Fsp3) is 0.250. The first-order valence-corrected chi connectivity index (χ1v) is 7.08. The van der Waals surface area contributed by atoms with E-state index in [0.29, 0.717) is 11.1 Å². The summed E-state index contributed by atoms with van der Waals surface area (Å²) in [7, 11) is 0. The quantitative estimate of drug-likeness (QED) is 0.577. The number of amides is 2. The van der Waals surface area contributed by atoms with Crippen LogP contribution < -0.4 is 16.0 Å². The van der Waals surface area contributed by atoms with E-state index in [2.05, 4.69) is 22.9 Å². The highest BCUT2D eigenvalue weighted by Gasteiger charge is 2.25. The van der Waals surface area contributed by atoms with E-state index in [1.165, 1.54) is 0 Å². The van der Waals surface area contributed by atoms with Crippen molar-refractivity contribution in [1.29, 1.82) is 0 Å². The molecule has 0 aromatic heterocycles. The zero-order valence-electron chi connectivity index (χ0n) is 11.8. The molecule has 1 heterocycles. The lowest BCUT2D eigenvalue weighted by atomic mass is 9.94. The van der Waals surface area contributed by atoms with Crippen molar-refractivity contribution in [2.45, 2.75) is 6.92 Å². The van der Waals surface area contributed by atoms with Crippen LogP contribution in [0.25, 0.3) is 10.8 Å². The van der Waals surface area contributed by atoms with Gasteiger partial charge in [-0.1, -0.05) is 19.1 Å². The lowest BCUT2D eigenvalue weighted by molar-refractivity contribution is 0.0845. The minimum atomic E-state index is -0.331. The predicted octanol–water partition coefficient (Wildman–Crippen LogP) is 1.74. The lowest BCUT2D eigenvalue weighted by Gasteiger charge is -2.19.